The van der Waals surface area contributed by atoms with Crippen LogP contribution in [0.5, 0.6) is 0 Å². The van der Waals surface area contributed by atoms with Gasteiger partial charge in [-0.1, -0.05) is 0 Å². The summed E-state index contributed by atoms with van der Waals surface area (Å²) in [6.45, 7) is 0.750. The summed E-state index contributed by atoms with van der Waals surface area (Å²) >= 11 is 0. The highest BCUT2D eigenvalue weighted by Crippen LogP contribution is 2.41. The molecule has 0 spiro atoms. The first kappa shape index (κ1) is 12.3. The van der Waals surface area contributed by atoms with E-state index in [1.807, 2.05) is 7.11 Å². The zero-order valence-electron chi connectivity index (χ0n) is 10.4. The third kappa shape index (κ3) is 2.76. The molecule has 0 aromatic rings. The second-order valence-corrected chi connectivity index (χ2v) is 5.34. The minimum atomic E-state index is 0.134. The SMILES string of the molecule is COC1CCCC(OC2(CCN)CCC2)C1. The van der Waals surface area contributed by atoms with Crippen LogP contribution in [-0.4, -0.2) is 31.5 Å². The van der Waals surface area contributed by atoms with Crippen molar-refractivity contribution < 1.29 is 9.47 Å². The van der Waals surface area contributed by atoms with Crippen molar-refractivity contribution in [1.29, 1.82) is 0 Å². The lowest BCUT2D eigenvalue weighted by molar-refractivity contribution is -0.161. The molecule has 2 fully saturated rings. The molecule has 16 heavy (non-hydrogen) atoms. The quantitative estimate of drug-likeness (QED) is 0.783. The summed E-state index contributed by atoms with van der Waals surface area (Å²) < 4.78 is 11.8. The molecule has 2 unspecified atom stereocenters. The Bertz CT molecular complexity index is 216. The molecule has 0 radical (unpaired) electrons. The first-order chi connectivity index (χ1) is 7.78. The van der Waals surface area contributed by atoms with Crippen LogP contribution in [0.2, 0.25) is 0 Å². The molecule has 0 aromatic heterocycles. The van der Waals surface area contributed by atoms with Crippen LogP contribution in [0.15, 0.2) is 0 Å². The molecule has 0 saturated heterocycles. The van der Waals surface area contributed by atoms with Gasteiger partial charge in [0.25, 0.3) is 0 Å². The van der Waals surface area contributed by atoms with Gasteiger partial charge >= 0.3 is 0 Å². The summed E-state index contributed by atoms with van der Waals surface area (Å²) in [5, 5.41) is 0. The van der Waals surface area contributed by atoms with Crippen LogP contribution >= 0.6 is 0 Å². The van der Waals surface area contributed by atoms with Crippen molar-refractivity contribution in [2.75, 3.05) is 13.7 Å². The maximum Gasteiger partial charge on any atom is 0.0698 e. The third-order valence-corrected chi connectivity index (χ3v) is 4.19. The normalized spacial score (nSPS) is 33.4. The fourth-order valence-electron chi connectivity index (χ4n) is 3.04. The highest BCUT2D eigenvalue weighted by molar-refractivity contribution is 4.92. The minimum absolute atomic E-state index is 0.134. The summed E-state index contributed by atoms with van der Waals surface area (Å²) in [4.78, 5) is 0. The first-order valence-corrected chi connectivity index (χ1v) is 6.69. The van der Waals surface area contributed by atoms with Gasteiger partial charge in [0.05, 0.1) is 17.8 Å². The molecular formula is C13H25NO2. The Kier molecular flexibility index (Phi) is 4.22. The lowest BCUT2D eigenvalue weighted by Gasteiger charge is -2.45. The predicted molar refractivity (Wildman–Crippen MR) is 64.4 cm³/mol. The van der Waals surface area contributed by atoms with E-state index in [0.29, 0.717) is 12.2 Å². The molecule has 2 N–H and O–H groups in total. The van der Waals surface area contributed by atoms with Crippen LogP contribution in [0.3, 0.4) is 0 Å². The van der Waals surface area contributed by atoms with Crippen LogP contribution in [-0.2, 0) is 9.47 Å². The molecule has 2 saturated carbocycles. The number of nitrogens with two attached hydrogens (primary N) is 1. The maximum absolute atomic E-state index is 6.33. The van der Waals surface area contributed by atoms with Gasteiger partial charge in [0, 0.05) is 7.11 Å². The smallest absolute Gasteiger partial charge is 0.0698 e. The molecule has 2 rings (SSSR count). The van der Waals surface area contributed by atoms with Crippen LogP contribution < -0.4 is 5.73 Å². The van der Waals surface area contributed by atoms with Crippen molar-refractivity contribution in [2.24, 2.45) is 5.73 Å². The van der Waals surface area contributed by atoms with Gasteiger partial charge in [-0.25, -0.2) is 0 Å². The van der Waals surface area contributed by atoms with Crippen molar-refractivity contribution in [3.8, 4) is 0 Å². The Labute approximate surface area is 98.7 Å². The van der Waals surface area contributed by atoms with E-state index in [4.69, 9.17) is 15.2 Å². The van der Waals surface area contributed by atoms with Gasteiger partial charge in [-0.3, -0.25) is 0 Å². The van der Waals surface area contributed by atoms with E-state index in [1.54, 1.807) is 0 Å². The van der Waals surface area contributed by atoms with E-state index in [9.17, 15) is 0 Å². The molecule has 94 valence electrons. The lowest BCUT2D eigenvalue weighted by Crippen LogP contribution is -2.46. The molecule has 2 aliphatic rings. The minimum Gasteiger partial charge on any atom is -0.381 e. The van der Waals surface area contributed by atoms with Crippen molar-refractivity contribution >= 4 is 0 Å². The fourth-order valence-corrected chi connectivity index (χ4v) is 3.04. The topological polar surface area (TPSA) is 44.5 Å². The van der Waals surface area contributed by atoms with Gasteiger partial charge in [0.1, 0.15) is 0 Å². The van der Waals surface area contributed by atoms with Crippen molar-refractivity contribution in [2.45, 2.75) is 69.2 Å². The van der Waals surface area contributed by atoms with Gasteiger partial charge < -0.3 is 15.2 Å². The summed E-state index contributed by atoms with van der Waals surface area (Å²) in [5.74, 6) is 0. The van der Waals surface area contributed by atoms with Gasteiger partial charge in [-0.2, -0.15) is 0 Å². The van der Waals surface area contributed by atoms with Crippen LogP contribution in [0.4, 0.5) is 0 Å². The monoisotopic (exact) mass is 227 g/mol. The fraction of sp³-hybridized carbons (Fsp3) is 1.00. The molecule has 0 aromatic carbocycles. The second kappa shape index (κ2) is 5.48. The van der Waals surface area contributed by atoms with Crippen molar-refractivity contribution in [1.82, 2.24) is 0 Å². The van der Waals surface area contributed by atoms with Crippen LogP contribution in [0, 0.1) is 0 Å². The predicted octanol–water partition coefficient (Wildman–Crippen LogP) is 2.23. The Morgan fingerprint density at radius 1 is 1.19 bits per heavy atom. The average Bonchev–Trinajstić information content (AvgIpc) is 2.26. The molecule has 0 bridgehead atoms. The number of hydrogen-bond donors (Lipinski definition) is 1. The number of rotatable bonds is 5. The first-order valence-electron chi connectivity index (χ1n) is 6.69. The molecule has 3 nitrogen and oxygen atoms in total. The zero-order chi connectivity index (χ0) is 11.4. The largest absolute Gasteiger partial charge is 0.381 e. The van der Waals surface area contributed by atoms with E-state index in [1.165, 1.54) is 38.5 Å². The summed E-state index contributed by atoms with van der Waals surface area (Å²) in [6, 6.07) is 0. The van der Waals surface area contributed by atoms with Crippen LogP contribution in [0.25, 0.3) is 0 Å². The van der Waals surface area contributed by atoms with Gasteiger partial charge in [0.15, 0.2) is 0 Å². The molecular weight excluding hydrogens is 202 g/mol. The molecule has 3 heteroatoms. The zero-order valence-corrected chi connectivity index (χ0v) is 10.4. The molecule has 2 aliphatic carbocycles. The Morgan fingerprint density at radius 3 is 2.50 bits per heavy atom. The summed E-state index contributed by atoms with van der Waals surface area (Å²) in [7, 11) is 1.81. The summed E-state index contributed by atoms with van der Waals surface area (Å²) in [6.07, 6.45) is 10.3. The molecule has 0 aliphatic heterocycles. The standard InChI is InChI=1S/C13H25NO2/c1-15-11-4-2-5-12(10-11)16-13(8-9-14)6-3-7-13/h11-12H,2-10,14H2,1H3. The number of hydrogen-bond acceptors (Lipinski definition) is 3. The lowest BCUT2D eigenvalue weighted by atomic mass is 9.77. The summed E-state index contributed by atoms with van der Waals surface area (Å²) in [5.41, 5.74) is 5.81. The average molecular weight is 227 g/mol. The van der Waals surface area contributed by atoms with E-state index in [2.05, 4.69) is 0 Å². The maximum atomic E-state index is 6.33. The highest BCUT2D eigenvalue weighted by Gasteiger charge is 2.40. The van der Waals surface area contributed by atoms with Gasteiger partial charge in [0.2, 0.25) is 0 Å². The highest BCUT2D eigenvalue weighted by atomic mass is 16.5. The third-order valence-electron chi connectivity index (χ3n) is 4.19. The molecule has 0 amide bonds. The van der Waals surface area contributed by atoms with Crippen molar-refractivity contribution in [3.05, 3.63) is 0 Å². The van der Waals surface area contributed by atoms with E-state index < -0.39 is 0 Å². The Hall–Kier alpha value is -0.120. The van der Waals surface area contributed by atoms with Crippen molar-refractivity contribution in [3.63, 3.8) is 0 Å². The number of ether oxygens (including phenoxy) is 2. The molecule has 0 heterocycles. The second-order valence-electron chi connectivity index (χ2n) is 5.34. The Balaban J connectivity index is 1.83. The van der Waals surface area contributed by atoms with E-state index in [-0.39, 0.29) is 5.60 Å². The van der Waals surface area contributed by atoms with E-state index in [0.717, 1.165) is 19.4 Å². The van der Waals surface area contributed by atoms with E-state index >= 15 is 0 Å². The van der Waals surface area contributed by atoms with Gasteiger partial charge in [-0.15, -0.1) is 0 Å². The van der Waals surface area contributed by atoms with Gasteiger partial charge in [-0.05, 0) is 57.9 Å². The Morgan fingerprint density at radius 2 is 1.94 bits per heavy atom. The van der Waals surface area contributed by atoms with Crippen LogP contribution in [0.1, 0.15) is 51.4 Å². The molecule has 2 atom stereocenters. The number of methoxy groups -OCH3 is 1.